The maximum atomic E-state index is 11.4. The fraction of sp³-hybridized carbons (Fsp3) is 0.800. The molecule has 0 aromatic carbocycles. The lowest BCUT2D eigenvalue weighted by Crippen LogP contribution is -2.52. The largest absolute Gasteiger partial charge is 0.310 e. The molecule has 0 aromatic rings. The van der Waals surface area contributed by atoms with E-state index < -0.39 is 0 Å². The summed E-state index contributed by atoms with van der Waals surface area (Å²) in [6.45, 7) is 5.61. The van der Waals surface area contributed by atoms with Gasteiger partial charge in [0, 0.05) is 19.3 Å². The standard InChI is InChI=1S/C10H18NO2/c1-3-10(13)8-11(9(2)12)6-4-5-7-11/h3-8H2,1-2H3/q+1. The molecule has 0 bridgehead atoms. The molecule has 0 unspecified atom stereocenters. The number of Topliss-reactive ketones (excluding diaryl/α,β-unsaturated/α-hetero) is 1. The minimum absolute atomic E-state index is 0.152. The third-order valence-corrected chi connectivity index (χ3v) is 2.96. The molecule has 0 aromatic heterocycles. The first kappa shape index (κ1) is 10.4. The van der Waals surface area contributed by atoms with Gasteiger partial charge in [-0.2, -0.15) is 0 Å². The molecule has 0 radical (unpaired) electrons. The Morgan fingerprint density at radius 1 is 1.23 bits per heavy atom. The van der Waals surface area contributed by atoms with E-state index in [2.05, 4.69) is 0 Å². The van der Waals surface area contributed by atoms with Crippen LogP contribution in [0, 0.1) is 0 Å². The third-order valence-electron chi connectivity index (χ3n) is 2.96. The number of carbonyl (C=O) groups excluding carboxylic acids is 2. The van der Waals surface area contributed by atoms with Crippen LogP contribution in [0.1, 0.15) is 33.1 Å². The fourth-order valence-electron chi connectivity index (χ4n) is 1.97. The highest BCUT2D eigenvalue weighted by atomic mass is 16.2. The number of likely N-dealkylation sites (tertiary alicyclic amines) is 1. The van der Waals surface area contributed by atoms with Crippen molar-refractivity contribution in [3.63, 3.8) is 0 Å². The number of hydrogen-bond donors (Lipinski definition) is 0. The van der Waals surface area contributed by atoms with Crippen LogP contribution in [0.2, 0.25) is 0 Å². The van der Waals surface area contributed by atoms with Crippen molar-refractivity contribution in [2.45, 2.75) is 33.1 Å². The maximum Gasteiger partial charge on any atom is 0.310 e. The highest BCUT2D eigenvalue weighted by molar-refractivity contribution is 5.81. The van der Waals surface area contributed by atoms with Gasteiger partial charge in [-0.3, -0.25) is 9.28 Å². The van der Waals surface area contributed by atoms with Crippen molar-refractivity contribution in [3.8, 4) is 0 Å². The van der Waals surface area contributed by atoms with Crippen LogP contribution < -0.4 is 0 Å². The number of quaternary nitrogens is 1. The lowest BCUT2D eigenvalue weighted by Gasteiger charge is -2.28. The number of hydrogen-bond acceptors (Lipinski definition) is 2. The molecule has 0 spiro atoms. The van der Waals surface area contributed by atoms with Crippen molar-refractivity contribution >= 4 is 11.7 Å². The van der Waals surface area contributed by atoms with E-state index in [0.717, 1.165) is 25.9 Å². The van der Waals surface area contributed by atoms with Crippen LogP contribution in [-0.4, -0.2) is 35.8 Å². The van der Waals surface area contributed by atoms with Gasteiger partial charge in [0.05, 0.1) is 20.0 Å². The molecule has 13 heavy (non-hydrogen) atoms. The molecule has 0 saturated carbocycles. The number of rotatable bonds is 3. The number of amides is 1. The smallest absolute Gasteiger partial charge is 0.293 e. The van der Waals surface area contributed by atoms with E-state index >= 15 is 0 Å². The van der Waals surface area contributed by atoms with Crippen molar-refractivity contribution in [1.29, 1.82) is 0 Å². The van der Waals surface area contributed by atoms with Gasteiger partial charge in [0.25, 0.3) is 0 Å². The van der Waals surface area contributed by atoms with E-state index in [1.54, 1.807) is 6.92 Å². The predicted octanol–water partition coefficient (Wildman–Crippen LogP) is 1.12. The molecule has 3 heteroatoms. The molecule has 1 heterocycles. The Hall–Kier alpha value is -0.700. The second-order valence-corrected chi connectivity index (χ2v) is 3.87. The lowest BCUT2D eigenvalue weighted by atomic mass is 10.2. The summed E-state index contributed by atoms with van der Waals surface area (Å²) in [5.41, 5.74) is 0. The molecule has 3 nitrogen and oxygen atoms in total. The number of nitrogens with zero attached hydrogens (tertiary/aromatic N) is 1. The molecule has 1 fully saturated rings. The molecule has 1 aliphatic heterocycles. The molecule has 0 N–H and O–H groups in total. The van der Waals surface area contributed by atoms with Crippen molar-refractivity contribution < 1.29 is 14.1 Å². The molecular formula is C10H18NO2+. The molecule has 0 atom stereocenters. The summed E-state index contributed by atoms with van der Waals surface area (Å²) < 4.78 is 0.409. The average molecular weight is 184 g/mol. The summed E-state index contributed by atoms with van der Waals surface area (Å²) in [5, 5.41) is 0. The summed E-state index contributed by atoms with van der Waals surface area (Å²) in [6.07, 6.45) is 2.71. The van der Waals surface area contributed by atoms with Gasteiger partial charge in [0.1, 0.15) is 6.54 Å². The highest BCUT2D eigenvalue weighted by Crippen LogP contribution is 2.19. The zero-order valence-corrected chi connectivity index (χ0v) is 8.51. The summed E-state index contributed by atoms with van der Waals surface area (Å²) >= 11 is 0. The van der Waals surface area contributed by atoms with Gasteiger partial charge in [-0.25, -0.2) is 4.79 Å². The Kier molecular flexibility index (Phi) is 3.20. The zero-order valence-electron chi connectivity index (χ0n) is 8.51. The van der Waals surface area contributed by atoms with Crippen LogP contribution in [0.4, 0.5) is 0 Å². The van der Waals surface area contributed by atoms with E-state index in [1.807, 2.05) is 6.92 Å². The van der Waals surface area contributed by atoms with Gasteiger partial charge >= 0.3 is 5.91 Å². The molecule has 1 amide bonds. The summed E-state index contributed by atoms with van der Waals surface area (Å²) in [6, 6.07) is 0. The Balaban J connectivity index is 2.68. The second kappa shape index (κ2) is 4.01. The third kappa shape index (κ3) is 2.15. The second-order valence-electron chi connectivity index (χ2n) is 3.87. The molecule has 1 saturated heterocycles. The Bertz CT molecular complexity index is 217. The van der Waals surface area contributed by atoms with Crippen molar-refractivity contribution in [2.24, 2.45) is 0 Å². The normalized spacial score (nSPS) is 20.2. The van der Waals surface area contributed by atoms with Gasteiger partial charge in [-0.1, -0.05) is 6.92 Å². The topological polar surface area (TPSA) is 34.1 Å². The fourth-order valence-corrected chi connectivity index (χ4v) is 1.97. The molecular weight excluding hydrogens is 166 g/mol. The van der Waals surface area contributed by atoms with E-state index in [0.29, 0.717) is 17.4 Å². The van der Waals surface area contributed by atoms with Gasteiger partial charge in [0.2, 0.25) is 0 Å². The molecule has 1 rings (SSSR count). The van der Waals surface area contributed by atoms with Crippen LogP contribution in [-0.2, 0) is 9.59 Å². The zero-order chi connectivity index (χ0) is 9.90. The molecule has 0 aliphatic carbocycles. The first-order valence-corrected chi connectivity index (χ1v) is 4.99. The SMILES string of the molecule is CCC(=O)C[N+]1(C(C)=O)CCCC1. The first-order valence-electron chi connectivity index (χ1n) is 4.99. The van der Waals surface area contributed by atoms with Gasteiger partial charge in [-0.05, 0) is 0 Å². The Morgan fingerprint density at radius 2 is 1.77 bits per heavy atom. The Labute approximate surface area is 79.3 Å². The quantitative estimate of drug-likeness (QED) is 0.616. The van der Waals surface area contributed by atoms with Crippen LogP contribution in [0.5, 0.6) is 0 Å². The van der Waals surface area contributed by atoms with Crippen molar-refractivity contribution in [2.75, 3.05) is 19.6 Å². The average Bonchev–Trinajstić information content (AvgIpc) is 2.54. The van der Waals surface area contributed by atoms with Gasteiger partial charge < -0.3 is 0 Å². The van der Waals surface area contributed by atoms with Crippen LogP contribution in [0.25, 0.3) is 0 Å². The van der Waals surface area contributed by atoms with Gasteiger partial charge in [-0.15, -0.1) is 0 Å². The summed E-state index contributed by atoms with van der Waals surface area (Å²) in [4.78, 5) is 22.7. The van der Waals surface area contributed by atoms with E-state index in [4.69, 9.17) is 0 Å². The van der Waals surface area contributed by atoms with E-state index in [9.17, 15) is 9.59 Å². The van der Waals surface area contributed by atoms with E-state index in [-0.39, 0.29) is 11.7 Å². The number of ketones is 1. The van der Waals surface area contributed by atoms with Crippen LogP contribution in [0.15, 0.2) is 0 Å². The predicted molar refractivity (Wildman–Crippen MR) is 50.1 cm³/mol. The highest BCUT2D eigenvalue weighted by Gasteiger charge is 2.38. The molecule has 74 valence electrons. The first-order chi connectivity index (χ1) is 6.10. The van der Waals surface area contributed by atoms with Crippen LogP contribution >= 0.6 is 0 Å². The van der Waals surface area contributed by atoms with Crippen molar-refractivity contribution in [1.82, 2.24) is 0 Å². The van der Waals surface area contributed by atoms with Crippen LogP contribution in [0.3, 0.4) is 0 Å². The summed E-state index contributed by atoms with van der Waals surface area (Å²) in [5.74, 6) is 0.358. The Morgan fingerprint density at radius 3 is 2.15 bits per heavy atom. The van der Waals surface area contributed by atoms with Crippen molar-refractivity contribution in [3.05, 3.63) is 0 Å². The maximum absolute atomic E-state index is 11.4. The summed E-state index contributed by atoms with van der Waals surface area (Å²) in [7, 11) is 0. The minimum atomic E-state index is 0.152. The lowest BCUT2D eigenvalue weighted by molar-refractivity contribution is -0.833. The van der Waals surface area contributed by atoms with E-state index in [1.165, 1.54) is 0 Å². The number of carbonyl (C=O) groups is 2. The van der Waals surface area contributed by atoms with Gasteiger partial charge in [0.15, 0.2) is 5.78 Å². The molecule has 1 aliphatic rings. The minimum Gasteiger partial charge on any atom is -0.293 e. The monoisotopic (exact) mass is 184 g/mol.